The number of hydrogen-bond acceptors (Lipinski definition) is 12. The number of anilines is 4. The lowest BCUT2D eigenvalue weighted by atomic mass is 10.1. The summed E-state index contributed by atoms with van der Waals surface area (Å²) in [6.07, 6.45) is 7.21. The van der Waals surface area contributed by atoms with Crippen LogP contribution in [0.25, 0.3) is 21.9 Å². The number of piperidine rings is 2. The molecule has 2 aliphatic heterocycles. The fourth-order valence-corrected chi connectivity index (χ4v) is 5.02. The van der Waals surface area contributed by atoms with Crippen LogP contribution in [0.2, 0.25) is 0 Å². The molecular formula is C26H51ClN10O2. The Morgan fingerprint density at radius 2 is 1.31 bits per heavy atom. The minimum absolute atomic E-state index is 0. The molecule has 0 unspecified atom stereocenters. The second-order valence-electron chi connectivity index (χ2n) is 9.13. The number of benzene rings is 2. The van der Waals surface area contributed by atoms with E-state index < -0.39 is 0 Å². The van der Waals surface area contributed by atoms with Gasteiger partial charge in [0.15, 0.2) is 0 Å². The number of fused-ring (bicyclic) bond motifs is 3. The summed E-state index contributed by atoms with van der Waals surface area (Å²) in [6, 6.07) is 12.0. The maximum absolute atomic E-state index is 6.10. The van der Waals surface area contributed by atoms with Gasteiger partial charge in [-0.15, -0.1) is 12.4 Å². The van der Waals surface area contributed by atoms with Crippen LogP contribution >= 0.6 is 12.4 Å². The zero-order valence-corrected chi connectivity index (χ0v) is 23.6. The van der Waals surface area contributed by atoms with Crippen molar-refractivity contribution in [2.45, 2.75) is 38.5 Å². The van der Waals surface area contributed by atoms with E-state index in [9.17, 15) is 0 Å². The maximum Gasteiger partial charge on any atom is 0.233 e. The highest BCUT2D eigenvalue weighted by Crippen LogP contribution is 2.37. The van der Waals surface area contributed by atoms with Gasteiger partial charge in [0.1, 0.15) is 16.9 Å². The highest BCUT2D eigenvalue weighted by molar-refractivity contribution is 6.06. The summed E-state index contributed by atoms with van der Waals surface area (Å²) in [7, 11) is 1.68. The van der Waals surface area contributed by atoms with Crippen molar-refractivity contribution in [3.63, 3.8) is 0 Å². The minimum atomic E-state index is 0. The van der Waals surface area contributed by atoms with Crippen LogP contribution in [0.15, 0.2) is 40.8 Å². The van der Waals surface area contributed by atoms with Gasteiger partial charge in [-0.25, -0.2) is 0 Å². The quantitative estimate of drug-likeness (QED) is 0.157. The second kappa shape index (κ2) is 14.7. The van der Waals surface area contributed by atoms with E-state index in [1.54, 1.807) is 7.11 Å². The van der Waals surface area contributed by atoms with Crippen molar-refractivity contribution in [3.8, 4) is 5.75 Å². The zero-order chi connectivity index (χ0) is 22.9. The number of hydrogen-bond donors (Lipinski definition) is 5. The predicted octanol–water partition coefficient (Wildman–Crippen LogP) is 7.56. The van der Waals surface area contributed by atoms with Gasteiger partial charge < -0.3 is 48.9 Å². The average molecular weight is 571 g/mol. The monoisotopic (exact) mass is 570 g/mol. The topological polar surface area (TPSA) is 220 Å². The van der Waals surface area contributed by atoms with Crippen molar-refractivity contribution in [1.82, 2.24) is 39.6 Å². The average Bonchev–Trinajstić information content (AvgIpc) is 3.26. The molecule has 13 N–H and O–H groups in total. The number of methoxy groups -OCH3 is 1. The van der Waals surface area contributed by atoms with E-state index in [1.165, 1.54) is 38.5 Å². The first kappa shape index (κ1) is 33.6. The van der Waals surface area contributed by atoms with E-state index in [-0.39, 0.29) is 42.7 Å². The molecule has 0 atom stereocenters. The van der Waals surface area contributed by atoms with Crippen molar-refractivity contribution in [3.05, 3.63) is 36.4 Å². The molecule has 2 aliphatic rings. The number of rotatable bonds is 5. The van der Waals surface area contributed by atoms with Crippen LogP contribution in [0.1, 0.15) is 44.2 Å². The van der Waals surface area contributed by atoms with E-state index in [0.29, 0.717) is 5.95 Å². The molecule has 2 aromatic carbocycles. The fourth-order valence-electron chi connectivity index (χ4n) is 5.02. The summed E-state index contributed by atoms with van der Waals surface area (Å²) in [5, 5.41) is 5.51. The van der Waals surface area contributed by atoms with Gasteiger partial charge in [0.2, 0.25) is 17.8 Å². The lowest BCUT2D eigenvalue weighted by Crippen LogP contribution is -2.34. The summed E-state index contributed by atoms with van der Waals surface area (Å²) in [4.78, 5) is 19.1. The Kier molecular flexibility index (Phi) is 12.6. The van der Waals surface area contributed by atoms with E-state index in [2.05, 4.69) is 21.2 Å². The molecule has 39 heavy (non-hydrogen) atoms. The number of aromatic nitrogens is 3. The first-order chi connectivity index (χ1) is 16.8. The number of halogens is 1. The number of nitrogens with zero attached hydrogens (tertiary/aromatic N) is 5. The highest BCUT2D eigenvalue weighted by atomic mass is 35.5. The van der Waals surface area contributed by atoms with Gasteiger partial charge in [-0.2, -0.15) is 15.0 Å². The number of furan rings is 1. The van der Waals surface area contributed by atoms with Crippen LogP contribution in [0.3, 0.4) is 0 Å². The van der Waals surface area contributed by atoms with Gasteiger partial charge in [-0.3, -0.25) is 0 Å². The van der Waals surface area contributed by atoms with Crippen molar-refractivity contribution in [2.75, 3.05) is 48.4 Å². The van der Waals surface area contributed by atoms with Gasteiger partial charge in [-0.1, -0.05) is 18.2 Å². The summed E-state index contributed by atoms with van der Waals surface area (Å²) in [5.74, 6) is 2.76. The molecule has 4 aromatic rings. The van der Waals surface area contributed by atoms with Gasteiger partial charge >= 0.3 is 0 Å². The van der Waals surface area contributed by atoms with Gasteiger partial charge in [-0.05, 0) is 50.7 Å². The first-order valence-corrected chi connectivity index (χ1v) is 12.3. The Labute approximate surface area is 241 Å². The molecule has 0 aliphatic carbocycles. The fraction of sp³-hybridized carbons (Fsp3) is 0.423. The van der Waals surface area contributed by atoms with Crippen LogP contribution in [0, 0.1) is 0 Å². The summed E-state index contributed by atoms with van der Waals surface area (Å²) in [6.45, 7) is 3.93. The maximum atomic E-state index is 6.10. The molecule has 0 spiro atoms. The minimum Gasteiger partial charge on any atom is -0.495 e. The Hall–Kier alpha value is -3.42. The normalized spacial score (nSPS) is 14.7. The summed E-state index contributed by atoms with van der Waals surface area (Å²) >= 11 is 0. The highest BCUT2D eigenvalue weighted by Gasteiger charge is 2.21. The van der Waals surface area contributed by atoms with Crippen molar-refractivity contribution in [1.29, 1.82) is 0 Å². The number of para-hydroxylation sites is 1. The van der Waals surface area contributed by atoms with Crippen LogP contribution in [0.5, 0.6) is 5.75 Å². The molecule has 0 radical (unpaired) electrons. The third kappa shape index (κ3) is 6.78. The van der Waals surface area contributed by atoms with E-state index >= 15 is 0 Å². The van der Waals surface area contributed by atoms with E-state index in [1.807, 2.05) is 30.3 Å². The smallest absolute Gasteiger partial charge is 0.233 e. The molecule has 2 saturated heterocycles. The molecule has 2 fully saturated rings. The molecule has 13 heteroatoms. The van der Waals surface area contributed by atoms with E-state index in [0.717, 1.165) is 71.5 Å². The molecule has 0 bridgehead atoms. The van der Waals surface area contributed by atoms with Crippen molar-refractivity contribution < 1.29 is 14.9 Å². The van der Waals surface area contributed by atoms with Gasteiger partial charge in [0.25, 0.3) is 0 Å². The molecule has 0 amide bonds. The molecule has 6 rings (SSSR count). The molecule has 4 heterocycles. The summed E-state index contributed by atoms with van der Waals surface area (Å²) < 4.78 is 11.8. The zero-order valence-electron chi connectivity index (χ0n) is 22.8. The largest absolute Gasteiger partial charge is 0.495 e. The Morgan fingerprint density at radius 1 is 0.744 bits per heavy atom. The van der Waals surface area contributed by atoms with Gasteiger partial charge in [0.05, 0.1) is 12.8 Å². The molecule has 2 aromatic heterocycles. The Balaban J connectivity index is -0.000000845. The molecular weight excluding hydrogens is 520 g/mol. The first-order valence-electron chi connectivity index (χ1n) is 12.3. The summed E-state index contributed by atoms with van der Waals surface area (Å²) in [5.41, 5.74) is 2.43. The Bertz CT molecular complexity index is 1310. The van der Waals surface area contributed by atoms with Crippen LogP contribution in [-0.2, 0) is 0 Å². The SMILES string of the molecule is COc1cc2c(cc1Nc1nc(N3CCCCC3)nc(N3CCCCC3)n1)oc1ccccc12.Cl.N.N.N.N.[HH].[HH].[HH].[HH]. The third-order valence-electron chi connectivity index (χ3n) is 6.83. The number of nitrogens with one attached hydrogen (secondary N) is 1. The molecule has 224 valence electrons. The van der Waals surface area contributed by atoms with Crippen LogP contribution < -0.4 is 44.5 Å². The molecule has 12 nitrogen and oxygen atoms in total. The second-order valence-corrected chi connectivity index (χ2v) is 9.13. The van der Waals surface area contributed by atoms with Gasteiger partial charge in [0, 0.05) is 48.7 Å². The lowest BCUT2D eigenvalue weighted by Gasteiger charge is -2.30. The standard InChI is InChI=1S/C26H30N6O2.ClH.4H3N.4H2/c1-33-23-16-19-18-10-4-5-11-21(18)34-22(19)17-20(23)27-24-28-25(31-12-6-2-7-13-31)30-26(29-24)32-14-8-3-9-15-32;;;;;;;;;/h4-5,10-11,16-17H,2-3,6-9,12-15H2,1H3,(H,27,28,29,30);1H;4*1H3;4*1H. The number of ether oxygens (including phenoxy) is 1. The van der Waals surface area contributed by atoms with Crippen LogP contribution in [0.4, 0.5) is 23.5 Å². The molecule has 0 saturated carbocycles. The predicted molar refractivity (Wildman–Crippen MR) is 171 cm³/mol. The third-order valence-corrected chi connectivity index (χ3v) is 6.83. The lowest BCUT2D eigenvalue weighted by molar-refractivity contribution is 0.417. The van der Waals surface area contributed by atoms with E-state index in [4.69, 9.17) is 24.1 Å². The van der Waals surface area contributed by atoms with Crippen molar-refractivity contribution in [2.24, 2.45) is 0 Å². The van der Waals surface area contributed by atoms with Crippen LogP contribution in [-0.4, -0.2) is 48.2 Å². The Morgan fingerprint density at radius 3 is 1.87 bits per heavy atom. The van der Waals surface area contributed by atoms with Crippen molar-refractivity contribution >= 4 is 57.9 Å².